The zero-order chi connectivity index (χ0) is 22.9. The minimum atomic E-state index is -0.588. The summed E-state index contributed by atoms with van der Waals surface area (Å²) >= 11 is 0. The van der Waals surface area contributed by atoms with Crippen LogP contribution in [0.25, 0.3) is 0 Å². The second-order valence-electron chi connectivity index (χ2n) is 9.19. The maximum atomic E-state index is 12.3. The Morgan fingerprint density at radius 1 is 1.10 bits per heavy atom. The van der Waals surface area contributed by atoms with E-state index in [-0.39, 0.29) is 48.0 Å². The van der Waals surface area contributed by atoms with E-state index in [9.17, 15) is 9.59 Å². The van der Waals surface area contributed by atoms with E-state index in [2.05, 4.69) is 20.9 Å². The molecular formula is C22H38IN5O3. The Balaban J connectivity index is 0.00000900. The van der Waals surface area contributed by atoms with Crippen LogP contribution in [0, 0.1) is 0 Å². The topological polar surface area (TPSA) is 95.1 Å². The van der Waals surface area contributed by atoms with Gasteiger partial charge in [0.15, 0.2) is 5.96 Å². The van der Waals surface area contributed by atoms with E-state index in [0.29, 0.717) is 12.5 Å². The second-order valence-corrected chi connectivity index (χ2v) is 9.19. The molecule has 1 aromatic rings. The lowest BCUT2D eigenvalue weighted by Gasteiger charge is -2.27. The molecule has 0 aliphatic carbocycles. The molecule has 9 heteroatoms. The highest BCUT2D eigenvalue weighted by Crippen LogP contribution is 2.14. The third-order valence-electron chi connectivity index (χ3n) is 3.83. The number of rotatable bonds is 6. The van der Waals surface area contributed by atoms with Gasteiger partial charge in [0.2, 0.25) is 5.91 Å². The summed E-state index contributed by atoms with van der Waals surface area (Å²) in [5.74, 6) is 0.449. The molecule has 31 heavy (non-hydrogen) atoms. The first kappa shape index (κ1) is 29.0. The Morgan fingerprint density at radius 3 is 2.16 bits per heavy atom. The van der Waals surface area contributed by atoms with E-state index in [1.165, 1.54) is 0 Å². The van der Waals surface area contributed by atoms with E-state index >= 15 is 0 Å². The number of ether oxygens (including phenoxy) is 1. The van der Waals surface area contributed by atoms with Crippen LogP contribution in [0.5, 0.6) is 0 Å². The molecule has 1 rings (SSSR count). The van der Waals surface area contributed by atoms with Gasteiger partial charge in [0.25, 0.3) is 0 Å². The summed E-state index contributed by atoms with van der Waals surface area (Å²) < 4.78 is 5.40. The van der Waals surface area contributed by atoms with Crippen molar-refractivity contribution in [2.24, 2.45) is 4.99 Å². The largest absolute Gasteiger partial charge is 0.444 e. The van der Waals surface area contributed by atoms with Crippen LogP contribution in [0.1, 0.15) is 53.1 Å². The molecule has 2 amide bonds. The van der Waals surface area contributed by atoms with E-state index in [1.54, 1.807) is 19.0 Å². The summed E-state index contributed by atoms with van der Waals surface area (Å²) in [5.41, 5.74) is 0.0412. The minimum absolute atomic E-state index is 0. The predicted molar refractivity (Wildman–Crippen MR) is 136 cm³/mol. The van der Waals surface area contributed by atoms with Gasteiger partial charge in [-0.1, -0.05) is 30.3 Å². The first-order valence-electron chi connectivity index (χ1n) is 10.1. The number of hydrogen-bond acceptors (Lipinski definition) is 4. The summed E-state index contributed by atoms with van der Waals surface area (Å²) in [6.45, 7) is 11.8. The first-order chi connectivity index (χ1) is 13.8. The lowest BCUT2D eigenvalue weighted by atomic mass is 10.1. The van der Waals surface area contributed by atoms with Crippen LogP contribution in [-0.2, 0) is 9.53 Å². The van der Waals surface area contributed by atoms with Gasteiger partial charge in [0.05, 0.1) is 12.6 Å². The normalized spacial score (nSPS) is 12.8. The van der Waals surface area contributed by atoms with Crippen molar-refractivity contribution < 1.29 is 14.3 Å². The minimum Gasteiger partial charge on any atom is -0.444 e. The van der Waals surface area contributed by atoms with Gasteiger partial charge in [-0.15, -0.1) is 24.0 Å². The Kier molecular flexibility index (Phi) is 11.9. The molecule has 0 fully saturated rings. The number of aliphatic imine (C=N–C) groups is 1. The van der Waals surface area contributed by atoms with E-state index in [4.69, 9.17) is 4.74 Å². The summed E-state index contributed by atoms with van der Waals surface area (Å²) in [7, 11) is 3.44. The molecule has 0 aliphatic heterocycles. The van der Waals surface area contributed by atoms with Gasteiger partial charge in [-0.3, -0.25) is 9.79 Å². The van der Waals surface area contributed by atoms with Crippen LogP contribution in [0.2, 0.25) is 0 Å². The fourth-order valence-electron chi connectivity index (χ4n) is 2.71. The number of hydrogen-bond donors (Lipinski definition) is 3. The summed E-state index contributed by atoms with van der Waals surface area (Å²) in [6, 6.07) is 9.28. The molecule has 0 saturated heterocycles. The fourth-order valence-corrected chi connectivity index (χ4v) is 2.71. The third-order valence-corrected chi connectivity index (χ3v) is 3.83. The Morgan fingerprint density at radius 2 is 1.68 bits per heavy atom. The summed E-state index contributed by atoms with van der Waals surface area (Å²) in [4.78, 5) is 30.5. The Labute approximate surface area is 203 Å². The van der Waals surface area contributed by atoms with Crippen molar-refractivity contribution in [1.82, 2.24) is 20.9 Å². The molecule has 176 valence electrons. The molecule has 0 radical (unpaired) electrons. The number of nitrogens with zero attached hydrogens (tertiary/aromatic N) is 2. The highest BCUT2D eigenvalue weighted by Gasteiger charge is 2.22. The van der Waals surface area contributed by atoms with Gasteiger partial charge in [-0.05, 0) is 47.1 Å². The zero-order valence-corrected chi connectivity index (χ0v) is 22.2. The smallest absolute Gasteiger partial charge is 0.408 e. The van der Waals surface area contributed by atoms with E-state index in [0.717, 1.165) is 5.56 Å². The Bertz CT molecular complexity index is 727. The number of likely N-dealkylation sites (N-methyl/N-ethyl adjacent to an activating group) is 1. The van der Waals surface area contributed by atoms with E-state index < -0.39 is 11.7 Å². The van der Waals surface area contributed by atoms with Crippen LogP contribution in [0.15, 0.2) is 35.3 Å². The van der Waals surface area contributed by atoms with Crippen molar-refractivity contribution >= 4 is 41.9 Å². The van der Waals surface area contributed by atoms with Gasteiger partial charge in [0, 0.05) is 26.2 Å². The average Bonchev–Trinajstić information content (AvgIpc) is 2.58. The van der Waals surface area contributed by atoms with Gasteiger partial charge in [-0.25, -0.2) is 4.79 Å². The van der Waals surface area contributed by atoms with Crippen LogP contribution in [-0.4, -0.2) is 61.2 Å². The molecule has 3 N–H and O–H groups in total. The molecule has 0 bridgehead atoms. The highest BCUT2D eigenvalue weighted by atomic mass is 127. The standard InChI is InChI=1S/C22H37N5O3.HI/c1-21(2,3)26-18(28)15-27(8)19(23-7)24-14-17(16-12-10-9-11-13-16)25-20(29)30-22(4,5)6;/h9-13,17H,14-15H2,1-8H3,(H,23,24)(H,25,29)(H,26,28);1H. The molecule has 0 saturated carbocycles. The third kappa shape index (κ3) is 12.4. The molecule has 8 nitrogen and oxygen atoms in total. The van der Waals surface area contributed by atoms with Crippen molar-refractivity contribution in [3.8, 4) is 0 Å². The lowest BCUT2D eigenvalue weighted by molar-refractivity contribution is -0.122. The number of halogens is 1. The lowest BCUT2D eigenvalue weighted by Crippen LogP contribution is -2.50. The highest BCUT2D eigenvalue weighted by molar-refractivity contribution is 14.0. The molecule has 1 aromatic carbocycles. The molecule has 1 unspecified atom stereocenters. The van der Waals surface area contributed by atoms with Gasteiger partial charge in [-0.2, -0.15) is 0 Å². The maximum absolute atomic E-state index is 12.3. The fraction of sp³-hybridized carbons (Fsp3) is 0.591. The van der Waals surface area contributed by atoms with Crippen molar-refractivity contribution in [3.05, 3.63) is 35.9 Å². The number of nitrogens with one attached hydrogen (secondary N) is 3. The molecule has 0 aliphatic rings. The van der Waals surface area contributed by atoms with E-state index in [1.807, 2.05) is 71.9 Å². The molecule has 0 spiro atoms. The molecule has 1 atom stereocenters. The summed E-state index contributed by atoms with van der Waals surface area (Å²) in [6.07, 6.45) is -0.494. The monoisotopic (exact) mass is 547 g/mol. The van der Waals surface area contributed by atoms with Gasteiger partial charge in [0.1, 0.15) is 5.60 Å². The van der Waals surface area contributed by atoms with Crippen LogP contribution in [0.3, 0.4) is 0 Å². The first-order valence-corrected chi connectivity index (χ1v) is 10.1. The number of carbonyl (C=O) groups excluding carboxylic acids is 2. The van der Waals surface area contributed by atoms with Crippen LogP contribution < -0.4 is 16.0 Å². The number of benzene rings is 1. The van der Waals surface area contributed by atoms with Crippen molar-refractivity contribution in [1.29, 1.82) is 0 Å². The van der Waals surface area contributed by atoms with Crippen molar-refractivity contribution in [3.63, 3.8) is 0 Å². The Hall–Kier alpha value is -2.04. The van der Waals surface area contributed by atoms with Gasteiger partial charge >= 0.3 is 6.09 Å². The molecular weight excluding hydrogens is 509 g/mol. The number of amides is 2. The average molecular weight is 547 g/mol. The number of alkyl carbamates (subject to hydrolysis) is 1. The van der Waals surface area contributed by atoms with Crippen LogP contribution in [0.4, 0.5) is 4.79 Å². The van der Waals surface area contributed by atoms with Crippen LogP contribution >= 0.6 is 24.0 Å². The molecule has 0 aromatic heterocycles. The number of carbonyl (C=O) groups is 2. The van der Waals surface area contributed by atoms with Crippen molar-refractivity contribution in [2.75, 3.05) is 27.2 Å². The SMILES string of the molecule is CN=C(NCC(NC(=O)OC(C)(C)C)c1ccccc1)N(C)CC(=O)NC(C)(C)C.I. The quantitative estimate of drug-likeness (QED) is 0.289. The molecule has 0 heterocycles. The summed E-state index contributed by atoms with van der Waals surface area (Å²) in [5, 5.41) is 9.06. The van der Waals surface area contributed by atoms with Gasteiger partial charge < -0.3 is 25.6 Å². The maximum Gasteiger partial charge on any atom is 0.408 e. The second kappa shape index (κ2) is 12.7. The van der Waals surface area contributed by atoms with Crippen molar-refractivity contribution in [2.45, 2.75) is 58.7 Å². The zero-order valence-electron chi connectivity index (χ0n) is 19.9. The predicted octanol–water partition coefficient (Wildman–Crippen LogP) is 3.29. The number of guanidine groups is 1.